The lowest BCUT2D eigenvalue weighted by Crippen LogP contribution is -2.52. The third-order valence-corrected chi connectivity index (χ3v) is 12.3. The molecule has 8 rings (SSSR count). The van der Waals surface area contributed by atoms with Crippen molar-refractivity contribution in [1.29, 1.82) is 0 Å². The van der Waals surface area contributed by atoms with Gasteiger partial charge in [0.05, 0.1) is 18.9 Å². The van der Waals surface area contributed by atoms with Crippen LogP contribution in [-0.4, -0.2) is 44.7 Å². The molecule has 8 heteroatoms. The third-order valence-electron chi connectivity index (χ3n) is 12.3. The molecule has 0 aromatic heterocycles. The fraction of sp³-hybridized carbons (Fsp3) is 0.432. The number of ketones is 1. The van der Waals surface area contributed by atoms with E-state index >= 15 is 0 Å². The molecule has 3 heterocycles. The highest BCUT2D eigenvalue weighted by molar-refractivity contribution is 5.90. The first-order valence-corrected chi connectivity index (χ1v) is 18.6. The highest BCUT2D eigenvalue weighted by Crippen LogP contribution is 2.44. The fourth-order valence-electron chi connectivity index (χ4n) is 9.10. The van der Waals surface area contributed by atoms with Gasteiger partial charge < -0.3 is 24.8 Å². The van der Waals surface area contributed by atoms with Gasteiger partial charge in [0.15, 0.2) is 0 Å². The van der Waals surface area contributed by atoms with Crippen LogP contribution < -0.4 is 4.74 Å². The van der Waals surface area contributed by atoms with E-state index in [1.54, 1.807) is 13.0 Å². The van der Waals surface area contributed by atoms with Crippen LogP contribution >= 0.6 is 0 Å². The molecular formula is C44H44O8. The second-order valence-corrected chi connectivity index (χ2v) is 15.5. The zero-order valence-electron chi connectivity index (χ0n) is 29.5. The molecule has 0 radical (unpaired) electrons. The van der Waals surface area contributed by atoms with Crippen LogP contribution in [0.25, 0.3) is 0 Å². The first-order chi connectivity index (χ1) is 25.0. The Bertz CT molecular complexity index is 2060. The summed E-state index contributed by atoms with van der Waals surface area (Å²) in [7, 11) is 0. The third kappa shape index (κ3) is 6.57. The molecule has 2 aliphatic carbocycles. The van der Waals surface area contributed by atoms with E-state index < -0.39 is 35.5 Å². The van der Waals surface area contributed by atoms with Crippen molar-refractivity contribution in [1.82, 2.24) is 0 Å². The number of esters is 2. The average molecular weight is 701 g/mol. The largest absolute Gasteiger partial charge is 0.508 e. The van der Waals surface area contributed by atoms with Crippen LogP contribution in [0.5, 0.6) is 11.5 Å². The van der Waals surface area contributed by atoms with Crippen molar-refractivity contribution in [3.8, 4) is 23.3 Å². The van der Waals surface area contributed by atoms with Crippen LogP contribution in [0.2, 0.25) is 0 Å². The number of hydrogen-bond donors (Lipinski definition) is 3. The number of rotatable bonds is 2. The van der Waals surface area contributed by atoms with Gasteiger partial charge in [-0.25, -0.2) is 4.79 Å². The molecule has 6 atom stereocenters. The molecule has 1 saturated carbocycles. The minimum Gasteiger partial charge on any atom is -0.508 e. The number of carbonyl (C=O) groups is 3. The molecule has 8 nitrogen and oxygen atoms in total. The summed E-state index contributed by atoms with van der Waals surface area (Å²) in [6.45, 7) is 1.55. The van der Waals surface area contributed by atoms with Gasteiger partial charge in [0.2, 0.25) is 0 Å². The minimum absolute atomic E-state index is 0.00932. The van der Waals surface area contributed by atoms with Crippen molar-refractivity contribution in [3.63, 3.8) is 0 Å². The first kappa shape index (κ1) is 34.4. The lowest BCUT2D eigenvalue weighted by atomic mass is 9.68. The van der Waals surface area contributed by atoms with Crippen molar-refractivity contribution in [2.75, 3.05) is 0 Å². The summed E-state index contributed by atoms with van der Waals surface area (Å²) in [4.78, 5) is 41.0. The van der Waals surface area contributed by atoms with Gasteiger partial charge >= 0.3 is 11.9 Å². The van der Waals surface area contributed by atoms with Crippen molar-refractivity contribution >= 4 is 17.7 Å². The number of fused-ring (bicyclic) bond motifs is 9. The average Bonchev–Trinajstić information content (AvgIpc) is 3.33. The standard InChI is InChI=1S/C44H44O8/c1-44(50)35-13-14-38(46)33(18-35)16-25-5-6-27-7-8-28(9-10-30(27)15-25)37-19-31(29-4-2-3-26(17-29)24-45)11-12-32-22-42(48)51-40-23-39(47)34(20-36(32)40)21-41(44)52-43(37)49/h2-6,15,17,20,23,31-33,35,41,45,47,50H,7-10,13-14,16,18-19,21-22,24H2,1H3/b37-28+/t31-,32+,33-,35-,41+,44-/m0/s1. The molecule has 3 aliphatic heterocycles. The number of aliphatic hydroxyl groups is 2. The number of phenols is 1. The molecular weight excluding hydrogens is 656 g/mol. The van der Waals surface area contributed by atoms with Crippen molar-refractivity contribution in [2.45, 2.75) is 108 Å². The maximum atomic E-state index is 14.8. The van der Waals surface area contributed by atoms with Gasteiger partial charge in [0.1, 0.15) is 29.0 Å². The predicted molar refractivity (Wildman–Crippen MR) is 192 cm³/mol. The van der Waals surface area contributed by atoms with E-state index in [1.165, 1.54) is 17.2 Å². The molecule has 52 heavy (non-hydrogen) atoms. The molecule has 9 bridgehead atoms. The maximum Gasteiger partial charge on any atom is 0.334 e. The van der Waals surface area contributed by atoms with E-state index in [1.807, 2.05) is 24.3 Å². The number of hydrogen-bond acceptors (Lipinski definition) is 8. The zero-order valence-corrected chi connectivity index (χ0v) is 29.5. The number of benzene rings is 3. The van der Waals surface area contributed by atoms with Gasteiger partial charge in [-0.1, -0.05) is 59.9 Å². The highest BCUT2D eigenvalue weighted by atomic mass is 16.6. The Kier molecular flexibility index (Phi) is 9.05. The number of phenolic OH excluding ortho intramolecular Hbond substituents is 1. The van der Waals surface area contributed by atoms with Crippen LogP contribution in [-0.2, 0) is 51.4 Å². The molecule has 3 N–H and O–H groups in total. The summed E-state index contributed by atoms with van der Waals surface area (Å²) >= 11 is 0. The van der Waals surface area contributed by atoms with E-state index in [4.69, 9.17) is 9.47 Å². The molecule has 268 valence electrons. The number of ether oxygens (including phenoxy) is 2. The Morgan fingerprint density at radius 3 is 2.48 bits per heavy atom. The van der Waals surface area contributed by atoms with Gasteiger partial charge in [-0.2, -0.15) is 0 Å². The summed E-state index contributed by atoms with van der Waals surface area (Å²) < 4.78 is 12.1. The highest BCUT2D eigenvalue weighted by Gasteiger charge is 2.47. The van der Waals surface area contributed by atoms with E-state index in [2.05, 4.69) is 30.0 Å². The Morgan fingerprint density at radius 2 is 1.65 bits per heavy atom. The molecule has 3 aromatic carbocycles. The number of aliphatic hydroxyl groups excluding tert-OH is 1. The lowest BCUT2D eigenvalue weighted by Gasteiger charge is -2.42. The smallest absolute Gasteiger partial charge is 0.334 e. The van der Waals surface area contributed by atoms with E-state index in [0.717, 1.165) is 35.1 Å². The van der Waals surface area contributed by atoms with Gasteiger partial charge in [-0.15, -0.1) is 0 Å². The monoisotopic (exact) mass is 700 g/mol. The number of aryl methyl sites for hydroxylation is 2. The number of Topliss-reactive ketones (excluding diaryl/α,β-unsaturated/α-hetero) is 1. The minimum atomic E-state index is -1.55. The molecule has 5 aliphatic rings. The molecule has 0 amide bonds. The van der Waals surface area contributed by atoms with Gasteiger partial charge in [0.25, 0.3) is 0 Å². The summed E-state index contributed by atoms with van der Waals surface area (Å²) in [6, 6.07) is 17.3. The molecule has 0 saturated heterocycles. The van der Waals surface area contributed by atoms with E-state index in [9.17, 15) is 29.7 Å². The summed E-state index contributed by atoms with van der Waals surface area (Å²) in [5.74, 6) is 4.49. The Morgan fingerprint density at radius 1 is 0.846 bits per heavy atom. The van der Waals surface area contributed by atoms with Gasteiger partial charge in [0, 0.05) is 41.9 Å². The molecule has 1 fully saturated rings. The van der Waals surface area contributed by atoms with Crippen molar-refractivity contribution in [3.05, 3.63) is 105 Å². The summed E-state index contributed by atoms with van der Waals surface area (Å²) in [5.41, 5.74) is 6.18. The second-order valence-electron chi connectivity index (χ2n) is 15.5. The molecule has 0 spiro atoms. The molecule has 0 unspecified atom stereocenters. The van der Waals surface area contributed by atoms with Crippen LogP contribution in [0.1, 0.15) is 103 Å². The summed E-state index contributed by atoms with van der Waals surface area (Å²) in [6.07, 6.45) is 3.81. The Balaban J connectivity index is 1.33. The second kappa shape index (κ2) is 13.7. The SMILES string of the molecule is C[C@]1(O)[C@H]2CCC(=O)[C@@H](Cc3ccc4c(c3)CC/C(=C3\C[C@@H](c5cccc(CO)c5)C#C[C@@H]5CC(=O)Oc6cc(O)c(cc65)C[C@H]1OC3=O)CC4)C2. The zero-order chi connectivity index (χ0) is 36.1. The fourth-order valence-corrected chi connectivity index (χ4v) is 9.10. The van der Waals surface area contributed by atoms with Crippen LogP contribution in [0.3, 0.4) is 0 Å². The van der Waals surface area contributed by atoms with E-state index in [0.29, 0.717) is 55.2 Å². The van der Waals surface area contributed by atoms with Crippen molar-refractivity contribution in [2.24, 2.45) is 11.8 Å². The van der Waals surface area contributed by atoms with Gasteiger partial charge in [-0.05, 0) is 104 Å². The van der Waals surface area contributed by atoms with Crippen LogP contribution in [0, 0.1) is 23.7 Å². The van der Waals surface area contributed by atoms with Crippen LogP contribution in [0.4, 0.5) is 0 Å². The quantitative estimate of drug-likeness (QED) is 0.166. The number of aromatic hydroxyl groups is 1. The van der Waals surface area contributed by atoms with Gasteiger partial charge in [-0.3, -0.25) is 9.59 Å². The normalized spacial score (nSPS) is 30.0. The first-order valence-electron chi connectivity index (χ1n) is 18.6. The van der Waals surface area contributed by atoms with Crippen LogP contribution in [0.15, 0.2) is 65.7 Å². The predicted octanol–water partition coefficient (Wildman–Crippen LogP) is 6.09. The summed E-state index contributed by atoms with van der Waals surface area (Å²) in [5, 5.41) is 33.9. The topological polar surface area (TPSA) is 130 Å². The maximum absolute atomic E-state index is 14.8. The van der Waals surface area contributed by atoms with E-state index in [-0.39, 0.29) is 55.0 Å². The number of carbonyl (C=O) groups excluding carboxylic acids is 3. The Hall–Kier alpha value is -4.71. The molecule has 3 aromatic rings. The number of allylic oxidation sites excluding steroid dienone is 1. The van der Waals surface area contributed by atoms with Crippen molar-refractivity contribution < 1.29 is 39.2 Å². The Labute approximate surface area is 303 Å². The lowest BCUT2D eigenvalue weighted by molar-refractivity contribution is -0.170.